The Morgan fingerprint density at radius 1 is 0.920 bits per heavy atom. The Hall–Kier alpha value is -2.14. The summed E-state index contributed by atoms with van der Waals surface area (Å²) in [6.45, 7) is 0.370. The zero-order valence-electron chi connectivity index (χ0n) is 13.4. The summed E-state index contributed by atoms with van der Waals surface area (Å²) in [6, 6.07) is 21.2. The van der Waals surface area contributed by atoms with Crippen LogP contribution in [0.1, 0.15) is 11.1 Å². The van der Waals surface area contributed by atoms with E-state index in [1.54, 1.807) is 30.0 Å². The van der Waals surface area contributed by atoms with Crippen molar-refractivity contribution in [2.45, 2.75) is 22.9 Å². The molecule has 3 rings (SSSR count). The summed E-state index contributed by atoms with van der Waals surface area (Å²) in [6.07, 6.45) is 0. The molecule has 0 saturated heterocycles. The zero-order chi connectivity index (χ0) is 17.6. The van der Waals surface area contributed by atoms with Crippen LogP contribution in [0.15, 0.2) is 76.5 Å². The topological polar surface area (TPSA) is 52.5 Å². The van der Waals surface area contributed by atoms with Gasteiger partial charge in [-0.3, -0.25) is 0 Å². The van der Waals surface area contributed by atoms with Crippen LogP contribution >= 0.6 is 23.4 Å². The van der Waals surface area contributed by atoms with Crippen LogP contribution in [0.5, 0.6) is 5.75 Å². The number of para-hydroxylation sites is 1. The highest BCUT2D eigenvalue weighted by atomic mass is 35.5. The van der Waals surface area contributed by atoms with E-state index in [0.717, 1.165) is 15.4 Å². The highest BCUT2D eigenvalue weighted by Gasteiger charge is 2.08. The quantitative estimate of drug-likeness (QED) is 0.514. The summed E-state index contributed by atoms with van der Waals surface area (Å²) in [5, 5.41) is 23.4. The number of hydrogen-bond donors (Lipinski definition) is 3. The number of aromatic hydroxyl groups is 1. The van der Waals surface area contributed by atoms with Crippen molar-refractivity contribution in [2.24, 2.45) is 0 Å². The third-order valence-electron chi connectivity index (χ3n) is 3.76. The van der Waals surface area contributed by atoms with Gasteiger partial charge in [-0.2, -0.15) is 0 Å². The van der Waals surface area contributed by atoms with Crippen LogP contribution in [0.4, 0.5) is 5.69 Å². The van der Waals surface area contributed by atoms with Crippen molar-refractivity contribution in [2.75, 3.05) is 5.32 Å². The van der Waals surface area contributed by atoms with Gasteiger partial charge in [-0.1, -0.05) is 59.8 Å². The Kier molecular flexibility index (Phi) is 5.87. The van der Waals surface area contributed by atoms with Crippen molar-refractivity contribution in [1.82, 2.24) is 0 Å². The standard InChI is InChI=1S/C20H18ClNO2S/c21-16-7-4-8-17(11-16)25-19-10-2-1-5-14(19)12-22-18-9-3-6-15(13-23)20(18)24/h1-11,22-24H,12-13H2. The van der Waals surface area contributed by atoms with Crippen LogP contribution in [-0.4, -0.2) is 10.2 Å². The molecule has 0 fully saturated rings. The molecule has 0 unspecified atom stereocenters. The maximum atomic E-state index is 10.2. The van der Waals surface area contributed by atoms with Crippen molar-refractivity contribution in [3.63, 3.8) is 0 Å². The van der Waals surface area contributed by atoms with E-state index in [9.17, 15) is 10.2 Å². The third-order valence-corrected chi connectivity index (χ3v) is 5.10. The minimum Gasteiger partial charge on any atom is -0.505 e. The van der Waals surface area contributed by atoms with E-state index in [2.05, 4.69) is 11.4 Å². The van der Waals surface area contributed by atoms with Crippen molar-refractivity contribution in [3.8, 4) is 5.75 Å². The number of halogens is 1. The molecule has 0 aliphatic heterocycles. The van der Waals surface area contributed by atoms with Crippen LogP contribution in [0.2, 0.25) is 5.02 Å². The van der Waals surface area contributed by atoms with Gasteiger partial charge in [0.15, 0.2) is 0 Å². The van der Waals surface area contributed by atoms with E-state index >= 15 is 0 Å². The molecule has 0 heterocycles. The van der Waals surface area contributed by atoms with Gasteiger partial charge in [-0.25, -0.2) is 0 Å². The largest absolute Gasteiger partial charge is 0.505 e. The summed E-state index contributed by atoms with van der Waals surface area (Å²) in [4.78, 5) is 2.19. The first kappa shape index (κ1) is 17.7. The van der Waals surface area contributed by atoms with Crippen LogP contribution in [-0.2, 0) is 13.2 Å². The highest BCUT2D eigenvalue weighted by molar-refractivity contribution is 7.99. The maximum absolute atomic E-state index is 10.2. The van der Waals surface area contributed by atoms with Crippen molar-refractivity contribution >= 4 is 29.1 Å². The fourth-order valence-electron chi connectivity index (χ4n) is 2.46. The first-order chi connectivity index (χ1) is 12.2. The summed E-state index contributed by atoms with van der Waals surface area (Å²) in [7, 11) is 0. The number of aliphatic hydroxyl groups is 1. The second-order valence-corrected chi connectivity index (χ2v) is 7.04. The Morgan fingerprint density at radius 3 is 2.48 bits per heavy atom. The normalized spacial score (nSPS) is 10.6. The van der Waals surface area contributed by atoms with Gasteiger partial charge in [-0.15, -0.1) is 0 Å². The number of nitrogens with one attached hydrogen (secondary N) is 1. The zero-order valence-corrected chi connectivity index (χ0v) is 15.0. The molecule has 3 aromatic carbocycles. The number of aliphatic hydroxyl groups excluding tert-OH is 1. The number of benzene rings is 3. The predicted molar refractivity (Wildman–Crippen MR) is 103 cm³/mol. The fourth-order valence-corrected chi connectivity index (χ4v) is 3.72. The Bertz CT molecular complexity index is 870. The molecule has 25 heavy (non-hydrogen) atoms. The number of anilines is 1. The van der Waals surface area contributed by atoms with Gasteiger partial charge in [0.1, 0.15) is 5.75 Å². The van der Waals surface area contributed by atoms with Gasteiger partial charge in [-0.05, 0) is 35.9 Å². The molecule has 128 valence electrons. The summed E-state index contributed by atoms with van der Waals surface area (Å²) < 4.78 is 0. The first-order valence-corrected chi connectivity index (χ1v) is 9.03. The molecule has 0 aliphatic rings. The molecule has 0 bridgehead atoms. The molecule has 0 spiro atoms. The van der Waals surface area contributed by atoms with E-state index in [4.69, 9.17) is 11.6 Å². The summed E-state index contributed by atoms with van der Waals surface area (Å²) in [5.41, 5.74) is 2.22. The average molecular weight is 372 g/mol. The molecule has 3 nitrogen and oxygen atoms in total. The van der Waals surface area contributed by atoms with Crippen molar-refractivity contribution in [1.29, 1.82) is 0 Å². The second kappa shape index (κ2) is 8.30. The summed E-state index contributed by atoms with van der Waals surface area (Å²) >= 11 is 7.71. The molecular weight excluding hydrogens is 354 g/mol. The molecule has 5 heteroatoms. The predicted octanol–water partition coefficient (Wildman–Crippen LogP) is 5.30. The molecule has 0 atom stereocenters. The minimum atomic E-state index is -0.192. The van der Waals surface area contributed by atoms with Crippen LogP contribution in [0.25, 0.3) is 0 Å². The lowest BCUT2D eigenvalue weighted by atomic mass is 10.1. The van der Waals surface area contributed by atoms with Crippen LogP contribution < -0.4 is 5.32 Å². The fraction of sp³-hybridized carbons (Fsp3) is 0.100. The van der Waals surface area contributed by atoms with Gasteiger partial charge in [0, 0.05) is 26.9 Å². The van der Waals surface area contributed by atoms with Gasteiger partial charge < -0.3 is 15.5 Å². The van der Waals surface area contributed by atoms with E-state index in [-0.39, 0.29) is 12.4 Å². The molecule has 0 aromatic heterocycles. The number of phenols is 1. The number of hydrogen-bond acceptors (Lipinski definition) is 4. The van der Waals surface area contributed by atoms with Gasteiger partial charge in [0.25, 0.3) is 0 Å². The number of rotatable bonds is 6. The second-order valence-electron chi connectivity index (χ2n) is 5.49. The SMILES string of the molecule is OCc1cccc(NCc2ccccc2Sc2cccc(Cl)c2)c1O. The Balaban J connectivity index is 1.77. The van der Waals surface area contributed by atoms with Crippen molar-refractivity contribution < 1.29 is 10.2 Å². The lowest BCUT2D eigenvalue weighted by Crippen LogP contribution is -2.02. The molecule has 3 aromatic rings. The smallest absolute Gasteiger partial charge is 0.144 e. The monoisotopic (exact) mass is 371 g/mol. The lowest BCUT2D eigenvalue weighted by Gasteiger charge is -2.13. The first-order valence-electron chi connectivity index (χ1n) is 7.84. The van der Waals surface area contributed by atoms with E-state index in [1.165, 1.54) is 0 Å². The maximum Gasteiger partial charge on any atom is 0.144 e. The molecule has 3 N–H and O–H groups in total. The highest BCUT2D eigenvalue weighted by Crippen LogP contribution is 2.33. The van der Waals surface area contributed by atoms with Gasteiger partial charge in [0.2, 0.25) is 0 Å². The Labute approximate surface area is 156 Å². The Morgan fingerprint density at radius 2 is 1.68 bits per heavy atom. The van der Waals surface area contributed by atoms with E-state index in [1.807, 2.05) is 42.5 Å². The van der Waals surface area contributed by atoms with Gasteiger partial charge in [0.05, 0.1) is 12.3 Å². The van der Waals surface area contributed by atoms with E-state index in [0.29, 0.717) is 22.8 Å². The lowest BCUT2D eigenvalue weighted by molar-refractivity contribution is 0.276. The molecule has 0 saturated carbocycles. The molecular formula is C20H18ClNO2S. The van der Waals surface area contributed by atoms with Crippen LogP contribution in [0.3, 0.4) is 0 Å². The minimum absolute atomic E-state index is 0.0879. The molecule has 0 radical (unpaired) electrons. The molecule has 0 aliphatic carbocycles. The van der Waals surface area contributed by atoms with Crippen molar-refractivity contribution in [3.05, 3.63) is 82.9 Å². The third kappa shape index (κ3) is 4.48. The van der Waals surface area contributed by atoms with Crippen LogP contribution in [0, 0.1) is 0 Å². The van der Waals surface area contributed by atoms with Gasteiger partial charge >= 0.3 is 0 Å². The van der Waals surface area contributed by atoms with E-state index < -0.39 is 0 Å². The summed E-state index contributed by atoms with van der Waals surface area (Å²) in [5.74, 6) is 0.0879. The average Bonchev–Trinajstić information content (AvgIpc) is 2.62. The molecule has 0 amide bonds.